The number of aliphatic carboxylic acids is 1. The molecule has 2 amide bonds. The Bertz CT molecular complexity index is 369. The summed E-state index contributed by atoms with van der Waals surface area (Å²) in [6, 6.07) is -1.16. The average Bonchev–Trinajstić information content (AvgIpc) is 2.80. The van der Waals surface area contributed by atoms with Gasteiger partial charge in [0.05, 0.1) is 6.10 Å². The van der Waals surface area contributed by atoms with E-state index in [1.54, 1.807) is 4.90 Å². The van der Waals surface area contributed by atoms with E-state index >= 15 is 0 Å². The van der Waals surface area contributed by atoms with Crippen molar-refractivity contribution in [1.29, 1.82) is 0 Å². The Kier molecular flexibility index (Phi) is 3.23. The summed E-state index contributed by atoms with van der Waals surface area (Å²) in [7, 11) is 0. The van der Waals surface area contributed by atoms with Crippen LogP contribution in [0.15, 0.2) is 0 Å². The minimum absolute atomic E-state index is 0.113. The highest BCUT2D eigenvalue weighted by molar-refractivity contribution is 5.84. The third-order valence-electron chi connectivity index (χ3n) is 3.94. The predicted molar refractivity (Wildman–Crippen MR) is 64.2 cm³/mol. The Morgan fingerprint density at radius 3 is 2.50 bits per heavy atom. The number of aliphatic hydroxyl groups excluding tert-OH is 1. The SMILES string of the molecule is CC1(C)CCCN1C(=O)N1C[C@H](O)C[C@H]1C(=O)O. The van der Waals surface area contributed by atoms with E-state index in [0.29, 0.717) is 6.54 Å². The second-order valence-electron chi connectivity index (χ2n) is 5.75. The average molecular weight is 256 g/mol. The smallest absolute Gasteiger partial charge is 0.326 e. The first-order valence-corrected chi connectivity index (χ1v) is 6.32. The fourth-order valence-corrected chi connectivity index (χ4v) is 2.88. The number of hydrogen-bond donors (Lipinski definition) is 2. The lowest BCUT2D eigenvalue weighted by Crippen LogP contribution is -2.52. The number of carboxylic acid groups (broad SMARTS) is 1. The van der Waals surface area contributed by atoms with Crippen molar-refractivity contribution in [1.82, 2.24) is 9.80 Å². The van der Waals surface area contributed by atoms with Crippen LogP contribution in [0, 0.1) is 0 Å². The monoisotopic (exact) mass is 256 g/mol. The number of hydrogen-bond acceptors (Lipinski definition) is 3. The van der Waals surface area contributed by atoms with Crippen molar-refractivity contribution in [2.24, 2.45) is 0 Å². The maximum absolute atomic E-state index is 12.4. The zero-order chi connectivity index (χ0) is 13.5. The number of urea groups is 1. The van der Waals surface area contributed by atoms with Crippen LogP contribution in [0.25, 0.3) is 0 Å². The van der Waals surface area contributed by atoms with Crippen LogP contribution in [0.5, 0.6) is 0 Å². The summed E-state index contributed by atoms with van der Waals surface area (Å²) in [5.41, 5.74) is -0.228. The first-order valence-electron chi connectivity index (χ1n) is 6.32. The van der Waals surface area contributed by atoms with Crippen LogP contribution >= 0.6 is 0 Å². The van der Waals surface area contributed by atoms with Crippen molar-refractivity contribution in [2.45, 2.75) is 50.8 Å². The Morgan fingerprint density at radius 1 is 1.33 bits per heavy atom. The lowest BCUT2D eigenvalue weighted by molar-refractivity contribution is -0.141. The largest absolute Gasteiger partial charge is 0.480 e. The first kappa shape index (κ1) is 13.1. The summed E-state index contributed by atoms with van der Waals surface area (Å²) in [6.45, 7) is 4.74. The number of aliphatic hydroxyl groups is 1. The van der Waals surface area contributed by atoms with Crippen LogP contribution in [-0.2, 0) is 4.79 Å². The van der Waals surface area contributed by atoms with Crippen molar-refractivity contribution in [2.75, 3.05) is 13.1 Å². The molecule has 0 aromatic rings. The third kappa shape index (κ3) is 2.16. The lowest BCUT2D eigenvalue weighted by Gasteiger charge is -2.36. The molecule has 2 heterocycles. The number of carbonyl (C=O) groups is 2. The Labute approximate surface area is 106 Å². The van der Waals surface area contributed by atoms with Crippen LogP contribution in [0.1, 0.15) is 33.1 Å². The first-order chi connectivity index (χ1) is 8.33. The summed E-state index contributed by atoms with van der Waals surface area (Å²) in [5.74, 6) is -1.04. The molecule has 0 aromatic heterocycles. The summed E-state index contributed by atoms with van der Waals surface area (Å²) in [5, 5.41) is 18.7. The summed E-state index contributed by atoms with van der Waals surface area (Å²) in [4.78, 5) is 26.5. The molecule has 0 aromatic carbocycles. The van der Waals surface area contributed by atoms with E-state index in [2.05, 4.69) is 0 Å². The molecule has 2 N–H and O–H groups in total. The van der Waals surface area contributed by atoms with Crippen molar-refractivity contribution in [3.05, 3.63) is 0 Å². The fourth-order valence-electron chi connectivity index (χ4n) is 2.88. The van der Waals surface area contributed by atoms with Gasteiger partial charge in [-0.2, -0.15) is 0 Å². The molecule has 0 radical (unpaired) electrons. The molecular formula is C12H20N2O4. The van der Waals surface area contributed by atoms with Gasteiger partial charge in [0, 0.05) is 25.0 Å². The van der Waals surface area contributed by atoms with Crippen molar-refractivity contribution in [3.8, 4) is 0 Å². The molecule has 6 heteroatoms. The van der Waals surface area contributed by atoms with E-state index in [4.69, 9.17) is 5.11 Å². The third-order valence-corrected chi connectivity index (χ3v) is 3.94. The molecule has 0 bridgehead atoms. The molecular weight excluding hydrogens is 236 g/mol. The summed E-state index contributed by atoms with van der Waals surface area (Å²) in [6.07, 6.45) is 1.25. The van der Waals surface area contributed by atoms with Crippen LogP contribution in [0.3, 0.4) is 0 Å². The Hall–Kier alpha value is -1.30. The van der Waals surface area contributed by atoms with Crippen molar-refractivity contribution >= 4 is 12.0 Å². The molecule has 2 aliphatic heterocycles. The van der Waals surface area contributed by atoms with Gasteiger partial charge in [0.2, 0.25) is 0 Å². The number of carbonyl (C=O) groups excluding carboxylic acids is 1. The molecule has 6 nitrogen and oxygen atoms in total. The molecule has 18 heavy (non-hydrogen) atoms. The van der Waals surface area contributed by atoms with E-state index in [1.165, 1.54) is 4.90 Å². The Balaban J connectivity index is 2.15. The van der Waals surface area contributed by atoms with Gasteiger partial charge in [-0.15, -0.1) is 0 Å². The number of amides is 2. The van der Waals surface area contributed by atoms with Gasteiger partial charge in [-0.05, 0) is 26.7 Å². The molecule has 2 saturated heterocycles. The normalized spacial score (nSPS) is 30.8. The number of β-amino-alcohol motifs (C(OH)–C–C–N with tert-alkyl or cyclic N) is 1. The second kappa shape index (κ2) is 4.42. The van der Waals surface area contributed by atoms with Crippen molar-refractivity contribution in [3.63, 3.8) is 0 Å². The fraction of sp³-hybridized carbons (Fsp3) is 0.833. The van der Waals surface area contributed by atoms with Crippen molar-refractivity contribution < 1.29 is 19.8 Å². The second-order valence-corrected chi connectivity index (χ2v) is 5.75. The van der Waals surface area contributed by atoms with Crippen LogP contribution in [-0.4, -0.2) is 62.8 Å². The number of rotatable bonds is 1. The summed E-state index contributed by atoms with van der Waals surface area (Å²) < 4.78 is 0. The van der Waals surface area contributed by atoms with Gasteiger partial charge >= 0.3 is 12.0 Å². The van der Waals surface area contributed by atoms with E-state index in [9.17, 15) is 14.7 Å². The van der Waals surface area contributed by atoms with E-state index in [0.717, 1.165) is 12.8 Å². The lowest BCUT2D eigenvalue weighted by atomic mass is 10.0. The van der Waals surface area contributed by atoms with Gasteiger partial charge in [0.15, 0.2) is 0 Å². The van der Waals surface area contributed by atoms with Gasteiger partial charge < -0.3 is 20.0 Å². The van der Waals surface area contributed by atoms with Gasteiger partial charge in [0.25, 0.3) is 0 Å². The topological polar surface area (TPSA) is 81.1 Å². The van der Waals surface area contributed by atoms with E-state index < -0.39 is 18.1 Å². The Morgan fingerprint density at radius 2 is 2.00 bits per heavy atom. The van der Waals surface area contributed by atoms with Crippen LogP contribution < -0.4 is 0 Å². The molecule has 102 valence electrons. The quantitative estimate of drug-likeness (QED) is 0.716. The highest BCUT2D eigenvalue weighted by Crippen LogP contribution is 2.31. The predicted octanol–water partition coefficient (Wildman–Crippen LogP) is 0.501. The van der Waals surface area contributed by atoms with Gasteiger partial charge in [0.1, 0.15) is 6.04 Å². The number of likely N-dealkylation sites (tertiary alicyclic amines) is 2. The molecule has 2 rings (SSSR count). The molecule has 2 atom stereocenters. The molecule has 2 fully saturated rings. The number of carboxylic acids is 1. The number of nitrogens with zero attached hydrogens (tertiary/aromatic N) is 2. The maximum Gasteiger partial charge on any atom is 0.326 e. The molecule has 0 aliphatic carbocycles. The zero-order valence-electron chi connectivity index (χ0n) is 10.8. The van der Waals surface area contributed by atoms with Crippen LogP contribution in [0.4, 0.5) is 4.79 Å². The minimum atomic E-state index is -1.04. The van der Waals surface area contributed by atoms with Gasteiger partial charge in [-0.25, -0.2) is 9.59 Å². The molecule has 2 aliphatic rings. The molecule has 0 unspecified atom stereocenters. The van der Waals surface area contributed by atoms with Gasteiger partial charge in [-0.3, -0.25) is 0 Å². The van der Waals surface area contributed by atoms with E-state index in [1.807, 2.05) is 13.8 Å². The highest BCUT2D eigenvalue weighted by atomic mass is 16.4. The molecule has 0 spiro atoms. The van der Waals surface area contributed by atoms with Gasteiger partial charge in [-0.1, -0.05) is 0 Å². The van der Waals surface area contributed by atoms with Crippen LogP contribution in [0.2, 0.25) is 0 Å². The minimum Gasteiger partial charge on any atom is -0.480 e. The standard InChI is InChI=1S/C12H20N2O4/c1-12(2)4-3-5-14(12)11(18)13-7-8(15)6-9(13)10(16)17/h8-9,15H,3-7H2,1-2H3,(H,16,17)/t8-,9+/m1/s1. The van der Waals surface area contributed by atoms with E-state index in [-0.39, 0.29) is 24.5 Å². The zero-order valence-corrected chi connectivity index (χ0v) is 10.8. The molecule has 0 saturated carbocycles. The summed E-state index contributed by atoms with van der Waals surface area (Å²) >= 11 is 0. The highest BCUT2D eigenvalue weighted by Gasteiger charge is 2.44. The maximum atomic E-state index is 12.4.